The van der Waals surface area contributed by atoms with Crippen LogP contribution in [0.15, 0.2) is 42.6 Å². The Balaban J connectivity index is 1.64. The molecular weight excluding hydrogens is 345 g/mol. The fourth-order valence-corrected chi connectivity index (χ4v) is 2.52. The summed E-state index contributed by atoms with van der Waals surface area (Å²) < 4.78 is 44.0. The molecule has 0 spiro atoms. The second-order valence-corrected chi connectivity index (χ2v) is 6.35. The molecule has 0 bridgehead atoms. The van der Waals surface area contributed by atoms with Crippen LogP contribution in [0.4, 0.5) is 13.2 Å². The van der Waals surface area contributed by atoms with Gasteiger partial charge >= 0.3 is 6.18 Å². The van der Waals surface area contributed by atoms with Gasteiger partial charge in [0.2, 0.25) is 11.8 Å². The molecule has 1 amide bonds. The summed E-state index contributed by atoms with van der Waals surface area (Å²) in [6.45, 7) is 0.214. The molecule has 1 N–H and O–H groups in total. The Morgan fingerprint density at radius 2 is 2.04 bits per heavy atom. The van der Waals surface area contributed by atoms with Gasteiger partial charge < -0.3 is 10.1 Å². The van der Waals surface area contributed by atoms with Gasteiger partial charge in [-0.15, -0.1) is 0 Å². The highest BCUT2D eigenvalue weighted by molar-refractivity contribution is 5.75. The summed E-state index contributed by atoms with van der Waals surface area (Å²) in [5.41, 5.74) is -0.189. The van der Waals surface area contributed by atoms with Crippen LogP contribution in [0.25, 0.3) is 0 Å². The molecule has 26 heavy (non-hydrogen) atoms. The first-order chi connectivity index (χ1) is 12.4. The minimum absolute atomic E-state index is 0.0415. The van der Waals surface area contributed by atoms with E-state index in [1.807, 2.05) is 0 Å². The number of alkyl halides is 3. The molecule has 0 aliphatic heterocycles. The molecule has 1 aliphatic rings. The minimum atomic E-state index is -4.44. The number of pyridine rings is 1. The highest BCUT2D eigenvalue weighted by Crippen LogP contribution is 2.34. The number of nitrogens with zero attached hydrogens (tertiary/aromatic N) is 1. The van der Waals surface area contributed by atoms with Crippen LogP contribution in [-0.4, -0.2) is 10.9 Å². The molecule has 138 valence electrons. The van der Waals surface area contributed by atoms with Crippen molar-refractivity contribution in [2.75, 3.05) is 0 Å². The molecule has 0 atom stereocenters. The lowest BCUT2D eigenvalue weighted by Crippen LogP contribution is -2.22. The molecule has 0 radical (unpaired) electrons. The Kier molecular flexibility index (Phi) is 5.44. The lowest BCUT2D eigenvalue weighted by molar-refractivity contribution is -0.137. The van der Waals surface area contributed by atoms with Gasteiger partial charge in [0, 0.05) is 24.7 Å². The third kappa shape index (κ3) is 5.21. The van der Waals surface area contributed by atoms with Crippen molar-refractivity contribution in [1.82, 2.24) is 10.3 Å². The van der Waals surface area contributed by atoms with Gasteiger partial charge in [0.25, 0.3) is 0 Å². The van der Waals surface area contributed by atoms with Crippen molar-refractivity contribution in [3.8, 4) is 11.6 Å². The maximum Gasteiger partial charge on any atom is 0.416 e. The fourth-order valence-electron chi connectivity index (χ4n) is 2.52. The Hall–Kier alpha value is -2.57. The number of nitrogens with one attached hydrogen (secondary N) is 1. The molecule has 0 unspecified atom stereocenters. The van der Waals surface area contributed by atoms with Gasteiger partial charge in [-0.3, -0.25) is 4.79 Å². The number of benzene rings is 1. The molecular formula is C19H19F3N2O2. The van der Waals surface area contributed by atoms with Crippen LogP contribution in [-0.2, 0) is 17.5 Å². The van der Waals surface area contributed by atoms with Crippen LogP contribution in [0.3, 0.4) is 0 Å². The van der Waals surface area contributed by atoms with Crippen molar-refractivity contribution >= 4 is 5.91 Å². The van der Waals surface area contributed by atoms with E-state index in [1.54, 1.807) is 12.1 Å². The van der Waals surface area contributed by atoms with Crippen molar-refractivity contribution in [3.63, 3.8) is 0 Å². The van der Waals surface area contributed by atoms with E-state index in [4.69, 9.17) is 4.74 Å². The van der Waals surface area contributed by atoms with E-state index in [0.717, 1.165) is 18.6 Å². The van der Waals surface area contributed by atoms with Gasteiger partial charge in [0.1, 0.15) is 5.75 Å². The van der Waals surface area contributed by atoms with Crippen molar-refractivity contribution < 1.29 is 22.7 Å². The normalized spacial score (nSPS) is 14.1. The fraction of sp³-hybridized carbons (Fsp3) is 0.368. The lowest BCUT2D eigenvalue weighted by Gasteiger charge is -2.12. The van der Waals surface area contributed by atoms with Crippen molar-refractivity contribution in [2.45, 2.75) is 38.4 Å². The molecule has 2 aromatic rings. The predicted molar refractivity (Wildman–Crippen MR) is 89.6 cm³/mol. The topological polar surface area (TPSA) is 51.2 Å². The molecule has 1 heterocycles. The van der Waals surface area contributed by atoms with Crippen LogP contribution in [0.5, 0.6) is 11.6 Å². The first kappa shape index (κ1) is 18.2. The number of hydrogen-bond acceptors (Lipinski definition) is 3. The smallest absolute Gasteiger partial charge is 0.416 e. The Morgan fingerprint density at radius 3 is 2.77 bits per heavy atom. The lowest BCUT2D eigenvalue weighted by atomic mass is 10.2. The average molecular weight is 364 g/mol. The van der Waals surface area contributed by atoms with Crippen LogP contribution in [0.2, 0.25) is 0 Å². The standard InChI is InChI=1S/C19H19F3N2O2/c20-19(21,22)15-4-1-5-16(11-15)26-18-14(3-2-10-23-18)12-24-17(25)9-8-13-6-7-13/h1-5,10-11,13H,6-9,12H2,(H,24,25). The summed E-state index contributed by atoms with van der Waals surface area (Å²) in [7, 11) is 0. The summed E-state index contributed by atoms with van der Waals surface area (Å²) in [5, 5.41) is 2.80. The van der Waals surface area contributed by atoms with Gasteiger partial charge in [-0.2, -0.15) is 13.2 Å². The van der Waals surface area contributed by atoms with Crippen molar-refractivity contribution in [2.24, 2.45) is 5.92 Å². The maximum atomic E-state index is 12.8. The molecule has 4 nitrogen and oxygen atoms in total. The molecule has 1 fully saturated rings. The summed E-state index contributed by atoms with van der Waals surface area (Å²) in [5.74, 6) is 0.846. The van der Waals surface area contributed by atoms with Gasteiger partial charge in [-0.25, -0.2) is 4.98 Å². The molecule has 3 rings (SSSR count). The average Bonchev–Trinajstić information content (AvgIpc) is 3.43. The number of halogens is 3. The molecule has 7 heteroatoms. The van der Waals surface area contributed by atoms with Crippen LogP contribution >= 0.6 is 0 Å². The van der Waals surface area contributed by atoms with E-state index in [0.29, 0.717) is 17.9 Å². The largest absolute Gasteiger partial charge is 0.439 e. The van der Waals surface area contributed by atoms with Crippen LogP contribution in [0.1, 0.15) is 36.8 Å². The van der Waals surface area contributed by atoms with Crippen LogP contribution in [0, 0.1) is 5.92 Å². The summed E-state index contributed by atoms with van der Waals surface area (Å²) >= 11 is 0. The zero-order valence-corrected chi connectivity index (χ0v) is 14.1. The number of carbonyl (C=O) groups excluding carboxylic acids is 1. The van der Waals surface area contributed by atoms with Gasteiger partial charge in [0.15, 0.2) is 0 Å². The second kappa shape index (κ2) is 7.76. The van der Waals surface area contributed by atoms with Crippen molar-refractivity contribution in [1.29, 1.82) is 0 Å². The zero-order valence-electron chi connectivity index (χ0n) is 14.1. The highest BCUT2D eigenvalue weighted by Gasteiger charge is 2.30. The third-order valence-electron chi connectivity index (χ3n) is 4.18. The molecule has 1 aromatic heterocycles. The number of ether oxygens (including phenoxy) is 1. The van der Waals surface area contributed by atoms with E-state index in [9.17, 15) is 18.0 Å². The number of rotatable bonds is 7. The van der Waals surface area contributed by atoms with E-state index in [-0.39, 0.29) is 24.1 Å². The molecule has 0 saturated heterocycles. The van der Waals surface area contributed by atoms with Gasteiger partial charge in [0.05, 0.1) is 5.56 Å². The van der Waals surface area contributed by atoms with E-state index in [1.165, 1.54) is 31.2 Å². The van der Waals surface area contributed by atoms with Gasteiger partial charge in [-0.1, -0.05) is 25.0 Å². The SMILES string of the molecule is O=C(CCC1CC1)NCc1cccnc1Oc1cccc(C(F)(F)F)c1. The number of aromatic nitrogens is 1. The number of carbonyl (C=O) groups is 1. The first-order valence-corrected chi connectivity index (χ1v) is 8.47. The molecule has 1 saturated carbocycles. The van der Waals surface area contributed by atoms with E-state index >= 15 is 0 Å². The van der Waals surface area contributed by atoms with Crippen LogP contribution < -0.4 is 10.1 Å². The van der Waals surface area contributed by atoms with E-state index < -0.39 is 11.7 Å². The van der Waals surface area contributed by atoms with Crippen molar-refractivity contribution in [3.05, 3.63) is 53.7 Å². The quantitative estimate of drug-likeness (QED) is 0.775. The third-order valence-corrected chi connectivity index (χ3v) is 4.18. The molecule has 1 aromatic carbocycles. The number of amides is 1. The molecule has 1 aliphatic carbocycles. The number of hydrogen-bond donors (Lipinski definition) is 1. The van der Waals surface area contributed by atoms with E-state index in [2.05, 4.69) is 10.3 Å². The summed E-state index contributed by atoms with van der Waals surface area (Å²) in [6, 6.07) is 8.02. The Bertz CT molecular complexity index is 773. The zero-order chi connectivity index (χ0) is 18.6. The van der Waals surface area contributed by atoms with Gasteiger partial charge in [-0.05, 0) is 36.6 Å². The first-order valence-electron chi connectivity index (χ1n) is 8.47. The predicted octanol–water partition coefficient (Wildman–Crippen LogP) is 4.70. The Labute approximate surface area is 149 Å². The minimum Gasteiger partial charge on any atom is -0.439 e. The maximum absolute atomic E-state index is 12.8. The monoisotopic (exact) mass is 364 g/mol. The summed E-state index contributed by atoms with van der Waals surface area (Å²) in [4.78, 5) is 15.9. The Morgan fingerprint density at radius 1 is 1.23 bits per heavy atom. The second-order valence-electron chi connectivity index (χ2n) is 6.35. The summed E-state index contributed by atoms with van der Waals surface area (Å²) in [6.07, 6.45) is 0.820. The highest BCUT2D eigenvalue weighted by atomic mass is 19.4.